The minimum Gasteiger partial charge on any atom is -0.343 e. The lowest BCUT2D eigenvalue weighted by Gasteiger charge is -2.09. The third kappa shape index (κ3) is 3.35. The molecule has 0 aliphatic heterocycles. The summed E-state index contributed by atoms with van der Waals surface area (Å²) in [6, 6.07) is 12.8. The molecule has 2 rings (SSSR count). The number of allylic oxidation sites excluding steroid dienone is 4. The normalized spacial score (nSPS) is 10.8. The lowest BCUT2D eigenvalue weighted by Crippen LogP contribution is -2.01. The van der Waals surface area contributed by atoms with E-state index in [0.717, 1.165) is 17.8 Å². The quantitative estimate of drug-likeness (QED) is 0.682. The summed E-state index contributed by atoms with van der Waals surface area (Å²) >= 11 is 0. The van der Waals surface area contributed by atoms with Gasteiger partial charge in [0.2, 0.25) is 0 Å². The van der Waals surface area contributed by atoms with Gasteiger partial charge < -0.3 is 4.57 Å². The molecule has 0 radical (unpaired) electrons. The first-order valence-electron chi connectivity index (χ1n) is 6.40. The first-order valence-corrected chi connectivity index (χ1v) is 6.40. The highest BCUT2D eigenvalue weighted by atomic mass is 15.0. The fraction of sp³-hybridized carbons (Fsp3) is 0.111. The second-order valence-corrected chi connectivity index (χ2v) is 4.63. The number of nitrogens with zero attached hydrogens (tertiary/aromatic N) is 1. The highest BCUT2D eigenvalue weighted by Crippen LogP contribution is 2.17. The molecule has 1 aromatic heterocycles. The third-order valence-electron chi connectivity index (χ3n) is 3.07. The topological polar surface area (TPSA) is 4.93 Å². The summed E-state index contributed by atoms with van der Waals surface area (Å²) in [4.78, 5) is 0. The predicted molar refractivity (Wildman–Crippen MR) is 83.1 cm³/mol. The van der Waals surface area contributed by atoms with Crippen LogP contribution in [0.2, 0.25) is 0 Å². The predicted octanol–water partition coefficient (Wildman–Crippen LogP) is 4.60. The molecular weight excluding hydrogens is 230 g/mol. The van der Waals surface area contributed by atoms with Crippen LogP contribution in [0.15, 0.2) is 74.0 Å². The molecule has 2 aromatic rings. The highest BCUT2D eigenvalue weighted by Gasteiger charge is 2.03. The lowest BCUT2D eigenvalue weighted by molar-refractivity contribution is 0.795. The van der Waals surface area contributed by atoms with E-state index >= 15 is 0 Å². The molecule has 96 valence electrons. The van der Waals surface area contributed by atoms with Crippen LogP contribution < -0.4 is 0 Å². The van der Waals surface area contributed by atoms with E-state index in [-0.39, 0.29) is 0 Å². The fourth-order valence-electron chi connectivity index (χ4n) is 2.00. The van der Waals surface area contributed by atoms with Crippen LogP contribution in [0.25, 0.3) is 5.57 Å². The van der Waals surface area contributed by atoms with Gasteiger partial charge in [0.15, 0.2) is 0 Å². The first-order chi connectivity index (χ1) is 9.20. The Balaban J connectivity index is 2.20. The molecule has 0 atom stereocenters. The smallest absolute Gasteiger partial charge is 0.0477 e. The van der Waals surface area contributed by atoms with E-state index in [1.807, 2.05) is 12.2 Å². The van der Waals surface area contributed by atoms with Crippen LogP contribution in [-0.4, -0.2) is 4.57 Å². The first kappa shape index (κ1) is 13.2. The van der Waals surface area contributed by atoms with Crippen molar-refractivity contribution in [2.24, 2.45) is 0 Å². The van der Waals surface area contributed by atoms with Crippen molar-refractivity contribution in [3.63, 3.8) is 0 Å². The van der Waals surface area contributed by atoms with Crippen LogP contribution in [0.3, 0.4) is 0 Å². The van der Waals surface area contributed by atoms with Gasteiger partial charge in [-0.3, -0.25) is 0 Å². The standard InChI is InChI=1S/C18H19N/c1-4-5-7-16(3)18-8-6-13-19(18)14-17-11-9-15(2)10-12-17/h4-13H,1,3,14H2,2H3/b7-5-. The van der Waals surface area contributed by atoms with Gasteiger partial charge in [-0.25, -0.2) is 0 Å². The molecule has 0 unspecified atom stereocenters. The Labute approximate surface area is 115 Å². The second-order valence-electron chi connectivity index (χ2n) is 4.63. The van der Waals surface area contributed by atoms with Crippen molar-refractivity contribution in [1.82, 2.24) is 4.57 Å². The van der Waals surface area contributed by atoms with Crippen LogP contribution in [-0.2, 0) is 6.54 Å². The maximum absolute atomic E-state index is 4.10. The maximum atomic E-state index is 4.10. The molecule has 1 heteroatoms. The van der Waals surface area contributed by atoms with E-state index in [4.69, 9.17) is 0 Å². The van der Waals surface area contributed by atoms with Gasteiger partial charge in [0, 0.05) is 18.4 Å². The van der Waals surface area contributed by atoms with Gasteiger partial charge in [-0.1, -0.05) is 61.2 Å². The Morgan fingerprint density at radius 3 is 2.63 bits per heavy atom. The minimum atomic E-state index is 0.865. The molecule has 0 spiro atoms. The molecule has 0 N–H and O–H groups in total. The van der Waals surface area contributed by atoms with E-state index in [1.54, 1.807) is 6.08 Å². The van der Waals surface area contributed by atoms with Gasteiger partial charge in [0.1, 0.15) is 0 Å². The zero-order valence-electron chi connectivity index (χ0n) is 11.3. The van der Waals surface area contributed by atoms with Gasteiger partial charge in [0.05, 0.1) is 0 Å². The molecule has 0 bridgehead atoms. The summed E-state index contributed by atoms with van der Waals surface area (Å²) in [7, 11) is 0. The molecule has 1 aromatic carbocycles. The van der Waals surface area contributed by atoms with Crippen molar-refractivity contribution in [2.75, 3.05) is 0 Å². The van der Waals surface area contributed by atoms with Crippen LogP contribution in [0, 0.1) is 6.92 Å². The van der Waals surface area contributed by atoms with Crippen molar-refractivity contribution in [3.05, 3.63) is 90.8 Å². The van der Waals surface area contributed by atoms with E-state index in [0.29, 0.717) is 0 Å². The number of benzene rings is 1. The van der Waals surface area contributed by atoms with Crippen LogP contribution >= 0.6 is 0 Å². The third-order valence-corrected chi connectivity index (χ3v) is 3.07. The molecule has 0 aliphatic rings. The van der Waals surface area contributed by atoms with Crippen molar-refractivity contribution in [3.8, 4) is 0 Å². The molecule has 1 heterocycles. The Morgan fingerprint density at radius 2 is 1.95 bits per heavy atom. The van der Waals surface area contributed by atoms with Gasteiger partial charge in [-0.05, 0) is 30.2 Å². The van der Waals surface area contributed by atoms with Crippen LogP contribution in [0.1, 0.15) is 16.8 Å². The van der Waals surface area contributed by atoms with Crippen molar-refractivity contribution >= 4 is 5.57 Å². The molecule has 0 fully saturated rings. The van der Waals surface area contributed by atoms with Gasteiger partial charge in [0.25, 0.3) is 0 Å². The van der Waals surface area contributed by atoms with Gasteiger partial charge in [-0.2, -0.15) is 0 Å². The second kappa shape index (κ2) is 6.05. The summed E-state index contributed by atoms with van der Waals surface area (Å²) in [6.45, 7) is 10.7. The van der Waals surface area contributed by atoms with Crippen molar-refractivity contribution in [1.29, 1.82) is 0 Å². The lowest BCUT2D eigenvalue weighted by atomic mass is 10.1. The molecule has 0 aliphatic carbocycles. The summed E-state index contributed by atoms with van der Waals surface area (Å²) in [6.07, 6.45) is 7.74. The average molecular weight is 249 g/mol. The number of aromatic nitrogens is 1. The largest absolute Gasteiger partial charge is 0.343 e. The van der Waals surface area contributed by atoms with E-state index in [2.05, 4.69) is 67.2 Å². The molecule has 0 amide bonds. The van der Waals surface area contributed by atoms with Crippen molar-refractivity contribution < 1.29 is 0 Å². The van der Waals surface area contributed by atoms with Gasteiger partial charge in [-0.15, -0.1) is 0 Å². The SMILES string of the molecule is C=C/C=C\C(=C)c1cccn1Cc1ccc(C)cc1. The molecule has 19 heavy (non-hydrogen) atoms. The maximum Gasteiger partial charge on any atom is 0.0477 e. The Morgan fingerprint density at radius 1 is 1.21 bits per heavy atom. The zero-order valence-corrected chi connectivity index (χ0v) is 11.3. The summed E-state index contributed by atoms with van der Waals surface area (Å²) in [5.41, 5.74) is 4.72. The minimum absolute atomic E-state index is 0.865. The Bertz CT molecular complexity index is 597. The van der Waals surface area contributed by atoms with Crippen LogP contribution in [0.4, 0.5) is 0 Å². The van der Waals surface area contributed by atoms with Crippen LogP contribution in [0.5, 0.6) is 0 Å². The monoisotopic (exact) mass is 249 g/mol. The molecular formula is C18H19N. The molecule has 0 saturated carbocycles. The molecule has 0 saturated heterocycles. The number of hydrogen-bond acceptors (Lipinski definition) is 0. The summed E-state index contributed by atoms with van der Waals surface area (Å²) < 4.78 is 2.21. The van der Waals surface area contributed by atoms with E-state index in [1.165, 1.54) is 11.1 Å². The fourth-order valence-corrected chi connectivity index (χ4v) is 2.00. The number of rotatable bonds is 5. The van der Waals surface area contributed by atoms with E-state index in [9.17, 15) is 0 Å². The zero-order chi connectivity index (χ0) is 13.7. The number of hydrogen-bond donors (Lipinski definition) is 0. The van der Waals surface area contributed by atoms with Gasteiger partial charge >= 0.3 is 0 Å². The molecule has 1 nitrogen and oxygen atoms in total. The summed E-state index contributed by atoms with van der Waals surface area (Å²) in [5, 5.41) is 0. The Hall–Kier alpha value is -2.28. The van der Waals surface area contributed by atoms with E-state index < -0.39 is 0 Å². The Kier molecular flexibility index (Phi) is 4.19. The highest BCUT2D eigenvalue weighted by molar-refractivity contribution is 5.70. The summed E-state index contributed by atoms with van der Waals surface area (Å²) in [5.74, 6) is 0. The van der Waals surface area contributed by atoms with Crippen molar-refractivity contribution in [2.45, 2.75) is 13.5 Å². The number of aryl methyl sites for hydroxylation is 1. The average Bonchev–Trinajstić information content (AvgIpc) is 2.87.